The lowest BCUT2D eigenvalue weighted by Gasteiger charge is -2.49. The molecule has 6 heteroatoms. The number of ether oxygens (including phenoxy) is 1. The number of benzene rings is 2. The number of likely N-dealkylation sites (tertiary alicyclic amines) is 1. The summed E-state index contributed by atoms with van der Waals surface area (Å²) in [4.78, 5) is 41.8. The highest BCUT2D eigenvalue weighted by Crippen LogP contribution is 2.41. The molecule has 2 aliphatic heterocycles. The molecule has 2 heterocycles. The third-order valence-corrected chi connectivity index (χ3v) is 8.10. The Morgan fingerprint density at radius 1 is 1.03 bits per heavy atom. The van der Waals surface area contributed by atoms with E-state index in [2.05, 4.69) is 42.2 Å². The Hall–Kier alpha value is -3.25. The van der Waals surface area contributed by atoms with Gasteiger partial charge < -0.3 is 4.74 Å². The summed E-state index contributed by atoms with van der Waals surface area (Å²) in [5.41, 5.74) is 2.20. The molecule has 6 nitrogen and oxygen atoms in total. The van der Waals surface area contributed by atoms with E-state index in [0.717, 1.165) is 17.9 Å². The van der Waals surface area contributed by atoms with Gasteiger partial charge in [-0.2, -0.15) is 0 Å². The van der Waals surface area contributed by atoms with Crippen LogP contribution in [0.2, 0.25) is 0 Å². The zero-order valence-corrected chi connectivity index (χ0v) is 21.1. The van der Waals surface area contributed by atoms with Gasteiger partial charge in [0.2, 0.25) is 0 Å². The number of rotatable bonds is 6. The third-order valence-electron chi connectivity index (χ3n) is 8.10. The van der Waals surface area contributed by atoms with E-state index in [9.17, 15) is 14.4 Å². The van der Waals surface area contributed by atoms with E-state index < -0.39 is 17.8 Å². The van der Waals surface area contributed by atoms with Crippen molar-refractivity contribution in [3.05, 3.63) is 77.4 Å². The van der Waals surface area contributed by atoms with E-state index in [1.807, 2.05) is 0 Å². The van der Waals surface area contributed by atoms with Crippen LogP contribution in [0, 0.1) is 11.8 Å². The molecule has 1 saturated heterocycles. The maximum atomic E-state index is 13.2. The predicted octanol–water partition coefficient (Wildman–Crippen LogP) is 5.30. The van der Waals surface area contributed by atoms with Crippen LogP contribution in [-0.2, 0) is 14.3 Å². The van der Waals surface area contributed by atoms with Crippen LogP contribution < -0.4 is 4.90 Å². The van der Waals surface area contributed by atoms with E-state index >= 15 is 0 Å². The molecule has 2 aromatic carbocycles. The molecule has 0 N–H and O–H groups in total. The van der Waals surface area contributed by atoms with Gasteiger partial charge in [-0.25, -0.2) is 9.69 Å². The van der Waals surface area contributed by atoms with Crippen molar-refractivity contribution in [3.63, 3.8) is 0 Å². The van der Waals surface area contributed by atoms with Crippen molar-refractivity contribution in [3.8, 4) is 0 Å². The van der Waals surface area contributed by atoms with Crippen LogP contribution in [0.3, 0.4) is 0 Å². The van der Waals surface area contributed by atoms with Gasteiger partial charge in [-0.15, -0.1) is 0 Å². The second-order valence-corrected chi connectivity index (χ2v) is 10.4. The number of carbonyl (C=O) groups is 3. The molecule has 0 aromatic heterocycles. The van der Waals surface area contributed by atoms with Gasteiger partial charge >= 0.3 is 5.97 Å². The summed E-state index contributed by atoms with van der Waals surface area (Å²) in [5.74, 6) is -0.473. The Labute approximate surface area is 212 Å². The molecular formula is C30H34N2O4. The Balaban J connectivity index is 1.30. The number of nitrogens with zero attached hydrogens (tertiary/aromatic N) is 2. The molecule has 2 amide bonds. The fourth-order valence-corrected chi connectivity index (χ4v) is 6.25. The Morgan fingerprint density at radius 3 is 2.50 bits per heavy atom. The summed E-state index contributed by atoms with van der Waals surface area (Å²) < 4.78 is 5.85. The second-order valence-electron chi connectivity index (χ2n) is 10.4. The zero-order chi connectivity index (χ0) is 25.2. The van der Waals surface area contributed by atoms with Gasteiger partial charge in [-0.05, 0) is 56.7 Å². The molecule has 2 aromatic rings. The van der Waals surface area contributed by atoms with Crippen molar-refractivity contribution in [1.29, 1.82) is 0 Å². The highest BCUT2D eigenvalue weighted by molar-refractivity contribution is 6.31. The monoisotopic (exact) mass is 486 g/mol. The number of carbonyl (C=O) groups excluding carboxylic acids is 3. The number of hydrogen-bond acceptors (Lipinski definition) is 5. The second kappa shape index (κ2) is 10.4. The number of anilines is 1. The van der Waals surface area contributed by atoms with Crippen LogP contribution in [0.4, 0.5) is 5.69 Å². The van der Waals surface area contributed by atoms with Crippen LogP contribution in [0.25, 0.3) is 0 Å². The minimum Gasteiger partial charge on any atom is -0.462 e. The molecule has 3 aliphatic rings. The number of imide groups is 1. The molecular weight excluding hydrogens is 452 g/mol. The summed E-state index contributed by atoms with van der Waals surface area (Å²) in [6, 6.07) is 18.2. The first-order valence-corrected chi connectivity index (χ1v) is 13.1. The van der Waals surface area contributed by atoms with Crippen molar-refractivity contribution in [1.82, 2.24) is 4.90 Å². The van der Waals surface area contributed by atoms with Crippen molar-refractivity contribution < 1.29 is 19.1 Å². The van der Waals surface area contributed by atoms with Gasteiger partial charge in [-0.1, -0.05) is 55.3 Å². The number of fused-ring (bicyclic) bond motifs is 1. The van der Waals surface area contributed by atoms with Gasteiger partial charge in [0, 0.05) is 36.2 Å². The summed E-state index contributed by atoms with van der Waals surface area (Å²) in [5, 5.41) is 0. The average Bonchev–Trinajstić information content (AvgIpc) is 3.17. The molecule has 0 unspecified atom stereocenters. The maximum Gasteiger partial charge on any atom is 0.340 e. The summed E-state index contributed by atoms with van der Waals surface area (Å²) in [7, 11) is 0. The first-order valence-electron chi connectivity index (χ1n) is 13.1. The van der Waals surface area contributed by atoms with E-state index in [1.54, 1.807) is 31.2 Å². The fourth-order valence-electron chi connectivity index (χ4n) is 6.25. The van der Waals surface area contributed by atoms with E-state index in [1.165, 1.54) is 37.3 Å². The predicted molar refractivity (Wildman–Crippen MR) is 138 cm³/mol. The number of hydrogen-bond donors (Lipinski definition) is 0. The molecule has 0 radical (unpaired) electrons. The quantitative estimate of drug-likeness (QED) is 0.409. The molecule has 1 aliphatic carbocycles. The van der Waals surface area contributed by atoms with Gasteiger partial charge in [0.15, 0.2) is 0 Å². The molecule has 188 valence electrons. The third kappa shape index (κ3) is 4.74. The zero-order valence-electron chi connectivity index (χ0n) is 21.1. The van der Waals surface area contributed by atoms with E-state index in [0.29, 0.717) is 30.2 Å². The maximum absolute atomic E-state index is 13.2. The van der Waals surface area contributed by atoms with Crippen molar-refractivity contribution in [2.24, 2.45) is 11.8 Å². The lowest BCUT2D eigenvalue weighted by Crippen LogP contribution is -2.51. The van der Waals surface area contributed by atoms with E-state index in [4.69, 9.17) is 4.74 Å². The summed E-state index contributed by atoms with van der Waals surface area (Å²) in [6.45, 7) is 5.10. The molecule has 0 spiro atoms. The van der Waals surface area contributed by atoms with Crippen LogP contribution in [0.1, 0.15) is 67.9 Å². The first-order chi connectivity index (χ1) is 17.4. The van der Waals surface area contributed by atoms with Crippen molar-refractivity contribution >= 4 is 23.5 Å². The topological polar surface area (TPSA) is 66.9 Å². The standard InChI is InChI=1S/C30H34N2O4/c1-20-16-28(33)32(29(20)34)27-15-9-7-13-25(27)30(35)36-19-22-17-24-12-6-8-14-26(24)31(18-22)21(2)23-10-4-3-5-11-23/h3-5,7,9-11,13,15-16,21-22,24,26H,6,8,12,14,17-19H2,1-2H3/t21-,22-,24+,26+/m1/s1. The minimum atomic E-state index is -0.496. The lowest BCUT2D eigenvalue weighted by atomic mass is 9.74. The number of para-hydroxylation sites is 1. The lowest BCUT2D eigenvalue weighted by molar-refractivity contribution is -0.120. The highest BCUT2D eigenvalue weighted by Gasteiger charge is 2.40. The molecule has 4 atom stereocenters. The number of piperidine rings is 1. The molecule has 1 saturated carbocycles. The SMILES string of the molecule is CC1=CC(=O)N(c2ccccc2C(=O)OC[C@@H]2C[C@@H]3CCCC[C@@H]3N([C@H](C)c3ccccc3)C2)C1=O. The molecule has 5 rings (SSSR count). The van der Waals surface area contributed by atoms with Crippen LogP contribution in [-0.4, -0.2) is 41.9 Å². The van der Waals surface area contributed by atoms with E-state index in [-0.39, 0.29) is 17.2 Å². The largest absolute Gasteiger partial charge is 0.462 e. The van der Waals surface area contributed by atoms with Gasteiger partial charge in [-0.3, -0.25) is 14.5 Å². The molecule has 2 fully saturated rings. The van der Waals surface area contributed by atoms with Crippen molar-refractivity contribution in [2.75, 3.05) is 18.1 Å². The van der Waals surface area contributed by atoms with Crippen LogP contribution >= 0.6 is 0 Å². The number of amides is 2. The normalized spacial score (nSPS) is 25.3. The van der Waals surface area contributed by atoms with Gasteiger partial charge in [0.1, 0.15) is 0 Å². The van der Waals surface area contributed by atoms with Crippen LogP contribution in [0.5, 0.6) is 0 Å². The fraction of sp³-hybridized carbons (Fsp3) is 0.433. The van der Waals surface area contributed by atoms with Gasteiger partial charge in [0.25, 0.3) is 11.8 Å². The minimum absolute atomic E-state index is 0.239. The first kappa shape index (κ1) is 24.4. The Bertz CT molecular complexity index is 1170. The average molecular weight is 487 g/mol. The van der Waals surface area contributed by atoms with Gasteiger partial charge in [0.05, 0.1) is 17.9 Å². The number of esters is 1. The summed E-state index contributed by atoms with van der Waals surface area (Å²) in [6.07, 6.45) is 7.35. The Morgan fingerprint density at radius 2 is 1.75 bits per heavy atom. The molecule has 0 bridgehead atoms. The van der Waals surface area contributed by atoms with Crippen LogP contribution in [0.15, 0.2) is 66.2 Å². The molecule has 36 heavy (non-hydrogen) atoms. The van der Waals surface area contributed by atoms with Crippen molar-refractivity contribution in [2.45, 2.75) is 58.0 Å². The smallest absolute Gasteiger partial charge is 0.340 e. The summed E-state index contributed by atoms with van der Waals surface area (Å²) >= 11 is 0. The highest BCUT2D eigenvalue weighted by atomic mass is 16.5. The Kier molecular flexibility index (Phi) is 7.06.